The van der Waals surface area contributed by atoms with Gasteiger partial charge >= 0.3 is 0 Å². The minimum absolute atomic E-state index is 0.00977. The van der Waals surface area contributed by atoms with Crippen LogP contribution in [0.3, 0.4) is 0 Å². The molecule has 0 saturated carbocycles. The molecule has 3 nitrogen and oxygen atoms in total. The van der Waals surface area contributed by atoms with E-state index in [1.165, 1.54) is 45.0 Å². The summed E-state index contributed by atoms with van der Waals surface area (Å²) in [5, 5.41) is 3.76. The highest BCUT2D eigenvalue weighted by Crippen LogP contribution is 2.53. The van der Waals surface area contributed by atoms with E-state index >= 15 is 0 Å². The van der Waals surface area contributed by atoms with Gasteiger partial charge in [-0.05, 0) is 64.7 Å². The number of hydrogen-bond acceptors (Lipinski definition) is 3. The standard InChI is InChI=1S/C31H23N3/c1-3-11-22(12-4-1)24-19-25(23-13-5-2-6-14-23)21-26(20-24)33-29-17-9-10-18-30(29)34-28-16-8-7-15-27(28)32-31(33)34/h1-21,31-32H. The third kappa shape index (κ3) is 2.91. The molecule has 34 heavy (non-hydrogen) atoms. The van der Waals surface area contributed by atoms with Crippen LogP contribution in [0.15, 0.2) is 127 Å². The second kappa shape index (κ2) is 7.53. The summed E-state index contributed by atoms with van der Waals surface area (Å²) in [5.74, 6) is 0. The summed E-state index contributed by atoms with van der Waals surface area (Å²) >= 11 is 0. The fraction of sp³-hybridized carbons (Fsp3) is 0.0323. The molecule has 3 heteroatoms. The molecule has 0 saturated heterocycles. The van der Waals surface area contributed by atoms with Crippen molar-refractivity contribution in [1.29, 1.82) is 0 Å². The number of para-hydroxylation sites is 4. The van der Waals surface area contributed by atoms with Gasteiger partial charge in [0.2, 0.25) is 0 Å². The summed E-state index contributed by atoms with van der Waals surface area (Å²) in [7, 11) is 0. The molecular weight excluding hydrogens is 414 g/mol. The molecule has 0 fully saturated rings. The van der Waals surface area contributed by atoms with Gasteiger partial charge in [0.05, 0.1) is 22.7 Å². The topological polar surface area (TPSA) is 18.5 Å². The van der Waals surface area contributed by atoms with E-state index in [2.05, 4.69) is 143 Å². The molecule has 0 aliphatic carbocycles. The van der Waals surface area contributed by atoms with Gasteiger partial charge < -0.3 is 10.2 Å². The van der Waals surface area contributed by atoms with Crippen LogP contribution in [0.25, 0.3) is 22.3 Å². The molecule has 7 rings (SSSR count). The highest BCUT2D eigenvalue weighted by atomic mass is 15.5. The highest BCUT2D eigenvalue weighted by Gasteiger charge is 2.42. The molecule has 1 unspecified atom stereocenters. The smallest absolute Gasteiger partial charge is 0.187 e. The number of nitrogens with one attached hydrogen (secondary N) is 1. The molecule has 0 amide bonds. The van der Waals surface area contributed by atoms with Crippen molar-refractivity contribution >= 4 is 28.4 Å². The number of nitrogens with zero attached hydrogens (tertiary/aromatic N) is 2. The summed E-state index contributed by atoms with van der Waals surface area (Å²) in [6, 6.07) is 45.4. The first-order valence-corrected chi connectivity index (χ1v) is 11.7. The lowest BCUT2D eigenvalue weighted by Crippen LogP contribution is -2.40. The van der Waals surface area contributed by atoms with Gasteiger partial charge in [0.1, 0.15) is 0 Å². The number of benzene rings is 5. The van der Waals surface area contributed by atoms with Crippen LogP contribution in [0.5, 0.6) is 0 Å². The zero-order valence-electron chi connectivity index (χ0n) is 18.6. The first kappa shape index (κ1) is 19.0. The number of hydrogen-bond donors (Lipinski definition) is 1. The SMILES string of the molecule is c1ccc(-c2cc(-c3ccccc3)cc(N3c4ccccc4N4c5ccccc5NC34)c2)cc1. The lowest BCUT2D eigenvalue weighted by atomic mass is 9.97. The lowest BCUT2D eigenvalue weighted by Gasteiger charge is -2.29. The van der Waals surface area contributed by atoms with E-state index in [1.54, 1.807) is 0 Å². The normalized spacial score (nSPS) is 15.5. The van der Waals surface area contributed by atoms with Crippen LogP contribution >= 0.6 is 0 Å². The summed E-state index contributed by atoms with van der Waals surface area (Å²) in [6.07, 6.45) is -0.00977. The van der Waals surface area contributed by atoms with Gasteiger partial charge in [-0.25, -0.2) is 0 Å². The monoisotopic (exact) mass is 437 g/mol. The van der Waals surface area contributed by atoms with Crippen molar-refractivity contribution in [2.24, 2.45) is 0 Å². The van der Waals surface area contributed by atoms with E-state index in [9.17, 15) is 0 Å². The largest absolute Gasteiger partial charge is 0.346 e. The van der Waals surface area contributed by atoms with E-state index in [0.29, 0.717) is 0 Å². The van der Waals surface area contributed by atoms with Crippen molar-refractivity contribution in [3.8, 4) is 22.3 Å². The number of rotatable bonds is 3. The Labute approximate surface area is 199 Å². The molecule has 0 aromatic heterocycles. The highest BCUT2D eigenvalue weighted by molar-refractivity contribution is 5.96. The van der Waals surface area contributed by atoms with Crippen molar-refractivity contribution < 1.29 is 0 Å². The molecule has 5 aromatic carbocycles. The first-order chi connectivity index (χ1) is 16.9. The van der Waals surface area contributed by atoms with Crippen molar-refractivity contribution in [3.05, 3.63) is 127 Å². The quantitative estimate of drug-likeness (QED) is 0.308. The fourth-order valence-electron chi connectivity index (χ4n) is 5.21. The van der Waals surface area contributed by atoms with Crippen LogP contribution in [0.2, 0.25) is 0 Å². The van der Waals surface area contributed by atoms with Crippen LogP contribution in [0.4, 0.5) is 28.4 Å². The Morgan fingerprint density at radius 2 is 0.941 bits per heavy atom. The molecule has 0 radical (unpaired) electrons. The molecule has 2 heterocycles. The zero-order valence-corrected chi connectivity index (χ0v) is 18.6. The van der Waals surface area contributed by atoms with E-state index in [0.717, 1.165) is 5.69 Å². The molecule has 162 valence electrons. The Bertz CT molecular complexity index is 1440. The zero-order chi connectivity index (χ0) is 22.5. The number of anilines is 5. The Kier molecular flexibility index (Phi) is 4.21. The van der Waals surface area contributed by atoms with Crippen molar-refractivity contribution in [2.75, 3.05) is 15.1 Å². The van der Waals surface area contributed by atoms with Gasteiger partial charge in [0, 0.05) is 5.69 Å². The summed E-state index contributed by atoms with van der Waals surface area (Å²) in [5.41, 5.74) is 10.8. The summed E-state index contributed by atoms with van der Waals surface area (Å²) in [4.78, 5) is 4.83. The van der Waals surface area contributed by atoms with Gasteiger partial charge in [-0.3, -0.25) is 4.90 Å². The van der Waals surface area contributed by atoms with Crippen LogP contribution < -0.4 is 15.1 Å². The molecule has 5 aromatic rings. The van der Waals surface area contributed by atoms with Crippen LogP contribution in [0.1, 0.15) is 0 Å². The van der Waals surface area contributed by atoms with E-state index < -0.39 is 0 Å². The predicted octanol–water partition coefficient (Wildman–Crippen LogP) is 8.02. The van der Waals surface area contributed by atoms with Gasteiger partial charge in [-0.1, -0.05) is 84.9 Å². The van der Waals surface area contributed by atoms with Crippen LogP contribution in [-0.4, -0.2) is 6.29 Å². The van der Waals surface area contributed by atoms with Gasteiger partial charge in [0.25, 0.3) is 0 Å². The third-order valence-electron chi connectivity index (χ3n) is 6.75. The van der Waals surface area contributed by atoms with Crippen LogP contribution in [-0.2, 0) is 0 Å². The molecule has 1 atom stereocenters. The predicted molar refractivity (Wildman–Crippen MR) is 142 cm³/mol. The van der Waals surface area contributed by atoms with Gasteiger partial charge in [-0.2, -0.15) is 0 Å². The number of fused-ring (bicyclic) bond motifs is 5. The molecule has 1 N–H and O–H groups in total. The Morgan fingerprint density at radius 1 is 0.441 bits per heavy atom. The molecule has 2 aliphatic heterocycles. The van der Waals surface area contributed by atoms with Gasteiger partial charge in [-0.15, -0.1) is 0 Å². The molecule has 0 bridgehead atoms. The van der Waals surface area contributed by atoms with E-state index in [1.807, 2.05) is 0 Å². The Balaban J connectivity index is 1.44. The van der Waals surface area contributed by atoms with Crippen molar-refractivity contribution in [2.45, 2.75) is 6.29 Å². The average molecular weight is 438 g/mol. The first-order valence-electron chi connectivity index (χ1n) is 11.7. The van der Waals surface area contributed by atoms with Crippen LogP contribution in [0, 0.1) is 0 Å². The van der Waals surface area contributed by atoms with Crippen molar-refractivity contribution in [1.82, 2.24) is 0 Å². The Morgan fingerprint density at radius 3 is 1.56 bits per heavy atom. The molecule has 0 spiro atoms. The summed E-state index contributed by atoms with van der Waals surface area (Å²) < 4.78 is 0. The van der Waals surface area contributed by atoms with Gasteiger partial charge in [0.15, 0.2) is 6.29 Å². The minimum atomic E-state index is -0.00977. The maximum Gasteiger partial charge on any atom is 0.187 e. The lowest BCUT2D eigenvalue weighted by molar-refractivity contribution is 0.808. The second-order valence-corrected chi connectivity index (χ2v) is 8.76. The summed E-state index contributed by atoms with van der Waals surface area (Å²) in [6.45, 7) is 0. The van der Waals surface area contributed by atoms with Crippen molar-refractivity contribution in [3.63, 3.8) is 0 Å². The maximum atomic E-state index is 3.76. The molecular formula is C31H23N3. The average Bonchev–Trinajstić information content (AvgIpc) is 3.44. The second-order valence-electron chi connectivity index (χ2n) is 8.76. The molecule has 2 aliphatic rings. The maximum absolute atomic E-state index is 3.76. The Hall–Kier alpha value is -4.50. The third-order valence-corrected chi connectivity index (χ3v) is 6.75. The van der Waals surface area contributed by atoms with E-state index in [4.69, 9.17) is 0 Å². The van der Waals surface area contributed by atoms with E-state index in [-0.39, 0.29) is 6.29 Å². The minimum Gasteiger partial charge on any atom is -0.346 e. The fourth-order valence-corrected chi connectivity index (χ4v) is 5.21.